The highest BCUT2D eigenvalue weighted by Gasteiger charge is 2.50. The van der Waals surface area contributed by atoms with Gasteiger partial charge in [-0.25, -0.2) is 9.18 Å². The number of carbonyl (C=O) groups excluding carboxylic acids is 1. The Balaban J connectivity index is 2.11. The van der Waals surface area contributed by atoms with E-state index in [1.54, 1.807) is 18.2 Å². The molecule has 0 aliphatic carbocycles. The number of fused-ring (bicyclic) bond motifs is 1. The molecule has 1 atom stereocenters. The van der Waals surface area contributed by atoms with Gasteiger partial charge in [-0.15, -0.1) is 0 Å². The number of ether oxygens (including phenoxy) is 1. The molecule has 0 N–H and O–H groups in total. The van der Waals surface area contributed by atoms with Gasteiger partial charge < -0.3 is 4.74 Å². The maximum absolute atomic E-state index is 13.1. The molecular weight excluding hydrogens is 332 g/mol. The van der Waals surface area contributed by atoms with Gasteiger partial charge in [0.05, 0.1) is 12.0 Å². The summed E-state index contributed by atoms with van der Waals surface area (Å²) in [4.78, 5) is 10.6. The van der Waals surface area contributed by atoms with Crippen LogP contribution >= 0.6 is 11.8 Å². The van der Waals surface area contributed by atoms with Crippen molar-refractivity contribution in [3.8, 4) is 0 Å². The molecule has 1 aliphatic heterocycles. The highest BCUT2D eigenvalue weighted by atomic mass is 32.2. The number of thioether (sulfide) groups is 1. The Bertz CT molecular complexity index is 742. The van der Waals surface area contributed by atoms with Crippen molar-refractivity contribution < 1.29 is 27.1 Å². The largest absolute Gasteiger partial charge is 0.439 e. The first kappa shape index (κ1) is 15.9. The minimum absolute atomic E-state index is 0.0871. The second-order valence-electron chi connectivity index (χ2n) is 5.04. The Kier molecular flexibility index (Phi) is 3.83. The van der Waals surface area contributed by atoms with E-state index in [4.69, 9.17) is 4.74 Å². The number of halogens is 4. The number of carbonyl (C=O) groups is 1. The molecule has 1 heterocycles. The summed E-state index contributed by atoms with van der Waals surface area (Å²) in [6.45, 7) is 0. The van der Waals surface area contributed by atoms with E-state index in [1.807, 2.05) is 0 Å². The van der Waals surface area contributed by atoms with Crippen molar-refractivity contribution in [3.05, 3.63) is 65.5 Å². The quantitative estimate of drug-likeness (QED) is 0.574. The molecular formula is C16H10F4O2S. The van der Waals surface area contributed by atoms with Crippen LogP contribution in [0.4, 0.5) is 17.6 Å². The maximum Gasteiger partial charge on any atom is 0.394 e. The summed E-state index contributed by atoms with van der Waals surface area (Å²) in [5, 5.41) is 0. The van der Waals surface area contributed by atoms with E-state index in [2.05, 4.69) is 0 Å². The maximum atomic E-state index is 13.1. The van der Waals surface area contributed by atoms with E-state index in [-0.39, 0.29) is 11.1 Å². The molecule has 7 heteroatoms. The lowest BCUT2D eigenvalue weighted by molar-refractivity contribution is -0.161. The number of rotatable bonds is 2. The van der Waals surface area contributed by atoms with Gasteiger partial charge in [0.1, 0.15) is 5.82 Å². The molecule has 2 aromatic carbocycles. The lowest BCUT2D eigenvalue weighted by Crippen LogP contribution is -2.37. The normalized spacial score (nSPS) is 20.8. The molecule has 0 radical (unpaired) electrons. The fourth-order valence-corrected chi connectivity index (χ4v) is 3.76. The minimum atomic E-state index is -4.56. The van der Waals surface area contributed by atoms with E-state index < -0.39 is 29.3 Å². The van der Waals surface area contributed by atoms with Crippen LogP contribution in [0.3, 0.4) is 0 Å². The molecule has 3 rings (SSSR count). The highest BCUT2D eigenvalue weighted by Crippen LogP contribution is 2.53. The SMILES string of the molecule is O=C1OC(CC(F)(F)F)(c2ccc(F)cc2)Sc2ccccc21. The summed E-state index contributed by atoms with van der Waals surface area (Å²) in [6.07, 6.45) is -5.93. The van der Waals surface area contributed by atoms with Crippen LogP contribution in [0, 0.1) is 5.82 Å². The van der Waals surface area contributed by atoms with Crippen LogP contribution in [0.25, 0.3) is 0 Å². The summed E-state index contributed by atoms with van der Waals surface area (Å²) in [7, 11) is 0. The van der Waals surface area contributed by atoms with Crippen LogP contribution < -0.4 is 0 Å². The zero-order valence-electron chi connectivity index (χ0n) is 11.6. The molecule has 2 aromatic rings. The number of cyclic esters (lactones) is 1. The molecule has 1 aliphatic rings. The van der Waals surface area contributed by atoms with Crippen molar-refractivity contribution in [2.45, 2.75) is 22.4 Å². The molecule has 0 amide bonds. The van der Waals surface area contributed by atoms with Crippen LogP contribution in [0.15, 0.2) is 53.4 Å². The molecule has 0 saturated heterocycles. The molecule has 0 fully saturated rings. The van der Waals surface area contributed by atoms with Crippen LogP contribution in [0.1, 0.15) is 22.3 Å². The Morgan fingerprint density at radius 3 is 2.35 bits per heavy atom. The number of esters is 1. The zero-order valence-corrected chi connectivity index (χ0v) is 12.4. The molecule has 2 nitrogen and oxygen atoms in total. The number of hydrogen-bond donors (Lipinski definition) is 0. The van der Waals surface area contributed by atoms with Crippen molar-refractivity contribution in [1.82, 2.24) is 0 Å². The van der Waals surface area contributed by atoms with E-state index in [1.165, 1.54) is 18.2 Å². The Hall–Kier alpha value is -2.02. The number of benzene rings is 2. The lowest BCUT2D eigenvalue weighted by Gasteiger charge is -2.37. The van der Waals surface area contributed by atoms with Crippen LogP contribution in [-0.2, 0) is 9.67 Å². The third kappa shape index (κ3) is 3.19. The molecule has 1 unspecified atom stereocenters. The monoisotopic (exact) mass is 342 g/mol. The van der Waals surface area contributed by atoms with Gasteiger partial charge in [-0.2, -0.15) is 13.2 Å². The first-order valence-electron chi connectivity index (χ1n) is 6.63. The molecule has 0 bridgehead atoms. The Morgan fingerprint density at radius 1 is 1.04 bits per heavy atom. The van der Waals surface area contributed by atoms with Gasteiger partial charge in [-0.1, -0.05) is 36.0 Å². The summed E-state index contributed by atoms with van der Waals surface area (Å²) in [6, 6.07) is 10.8. The van der Waals surface area contributed by atoms with Crippen LogP contribution in [0.2, 0.25) is 0 Å². The third-order valence-electron chi connectivity index (χ3n) is 3.36. The van der Waals surface area contributed by atoms with E-state index in [9.17, 15) is 22.4 Å². The highest BCUT2D eigenvalue weighted by molar-refractivity contribution is 8.00. The van der Waals surface area contributed by atoms with E-state index >= 15 is 0 Å². The van der Waals surface area contributed by atoms with Crippen molar-refractivity contribution in [1.29, 1.82) is 0 Å². The topological polar surface area (TPSA) is 26.3 Å². The Morgan fingerprint density at radius 2 is 1.70 bits per heavy atom. The van der Waals surface area contributed by atoms with Crippen LogP contribution in [0.5, 0.6) is 0 Å². The first-order valence-corrected chi connectivity index (χ1v) is 7.45. The van der Waals surface area contributed by atoms with Gasteiger partial charge >= 0.3 is 12.1 Å². The molecule has 23 heavy (non-hydrogen) atoms. The number of alkyl halides is 3. The van der Waals surface area contributed by atoms with Gasteiger partial charge in [0.25, 0.3) is 0 Å². The minimum Gasteiger partial charge on any atom is -0.439 e. The predicted molar refractivity (Wildman–Crippen MR) is 76.5 cm³/mol. The van der Waals surface area contributed by atoms with Gasteiger partial charge in [0.15, 0.2) is 4.93 Å². The standard InChI is InChI=1S/C16H10F4O2S/c17-11-7-5-10(6-8-11)15(9-16(18,19)20)22-14(21)12-3-1-2-4-13(12)23-15/h1-8H,9H2. The Labute approximate surface area is 133 Å². The van der Waals surface area contributed by atoms with Crippen molar-refractivity contribution >= 4 is 17.7 Å². The average molecular weight is 342 g/mol. The van der Waals surface area contributed by atoms with Crippen LogP contribution in [-0.4, -0.2) is 12.1 Å². The average Bonchev–Trinajstić information content (AvgIpc) is 2.46. The first-order chi connectivity index (χ1) is 10.8. The van der Waals surface area contributed by atoms with Crippen molar-refractivity contribution in [2.75, 3.05) is 0 Å². The molecule has 120 valence electrons. The fourth-order valence-electron chi connectivity index (χ4n) is 2.39. The summed E-state index contributed by atoms with van der Waals surface area (Å²) in [5.74, 6) is -1.41. The smallest absolute Gasteiger partial charge is 0.394 e. The van der Waals surface area contributed by atoms with Gasteiger partial charge in [0, 0.05) is 10.5 Å². The third-order valence-corrected chi connectivity index (χ3v) is 4.73. The summed E-state index contributed by atoms with van der Waals surface area (Å²) >= 11 is 0.809. The van der Waals surface area contributed by atoms with Gasteiger partial charge in [-0.05, 0) is 24.3 Å². The molecule has 0 aromatic heterocycles. The van der Waals surface area contributed by atoms with E-state index in [0.29, 0.717) is 4.90 Å². The summed E-state index contributed by atoms with van der Waals surface area (Å²) < 4.78 is 57.5. The summed E-state index contributed by atoms with van der Waals surface area (Å²) in [5.41, 5.74) is 0.307. The molecule has 0 spiro atoms. The van der Waals surface area contributed by atoms with Crippen molar-refractivity contribution in [3.63, 3.8) is 0 Å². The van der Waals surface area contributed by atoms with Gasteiger partial charge in [-0.3, -0.25) is 0 Å². The second kappa shape index (κ2) is 5.56. The fraction of sp³-hybridized carbons (Fsp3) is 0.188. The van der Waals surface area contributed by atoms with Crippen molar-refractivity contribution in [2.24, 2.45) is 0 Å². The lowest BCUT2D eigenvalue weighted by atomic mass is 10.0. The number of hydrogen-bond acceptors (Lipinski definition) is 3. The van der Waals surface area contributed by atoms with E-state index in [0.717, 1.165) is 23.9 Å². The molecule has 0 saturated carbocycles. The van der Waals surface area contributed by atoms with Gasteiger partial charge in [0.2, 0.25) is 0 Å². The zero-order chi connectivity index (χ0) is 16.7. The second-order valence-corrected chi connectivity index (χ2v) is 6.34. The predicted octanol–water partition coefficient (Wildman–Crippen LogP) is 4.89.